The molecule has 0 unspecified atom stereocenters. The van der Waals surface area contributed by atoms with E-state index in [0.717, 1.165) is 63.5 Å². The number of hydrogen-bond acceptors (Lipinski definition) is 8. The van der Waals surface area contributed by atoms with Crippen molar-refractivity contribution in [3.05, 3.63) is 99.3 Å². The number of carbonyl (C=O) groups is 1. The van der Waals surface area contributed by atoms with Gasteiger partial charge in [-0.3, -0.25) is 4.79 Å². The van der Waals surface area contributed by atoms with E-state index in [2.05, 4.69) is 51.1 Å². The molecule has 7 aromatic rings. The highest BCUT2D eigenvalue weighted by Crippen LogP contribution is 2.33. The SMILES string of the molecule is CCc1nc2nc(-c3ccc(NC(=O)c4ccc5nc(-c6ccsc6)c(-c6ccsc6)nc5c4)cc3)cn2nc1CC. The molecule has 7 rings (SSSR count). The number of aryl methyl sites for hydroxylation is 2. The fraction of sp³-hybridized carbons (Fsp3) is 0.125. The van der Waals surface area contributed by atoms with E-state index in [0.29, 0.717) is 22.5 Å². The summed E-state index contributed by atoms with van der Waals surface area (Å²) in [7, 11) is 0. The lowest BCUT2D eigenvalue weighted by atomic mass is 10.1. The Hall–Kier alpha value is -4.80. The minimum Gasteiger partial charge on any atom is -0.322 e. The Morgan fingerprint density at radius 2 is 1.45 bits per heavy atom. The lowest BCUT2D eigenvalue weighted by Gasteiger charge is -2.10. The van der Waals surface area contributed by atoms with Gasteiger partial charge >= 0.3 is 0 Å². The molecule has 0 radical (unpaired) electrons. The molecule has 10 heteroatoms. The van der Waals surface area contributed by atoms with Gasteiger partial charge in [0.2, 0.25) is 0 Å². The van der Waals surface area contributed by atoms with E-state index >= 15 is 0 Å². The summed E-state index contributed by atoms with van der Waals surface area (Å²) in [4.78, 5) is 32.5. The van der Waals surface area contributed by atoms with Gasteiger partial charge in [0.05, 0.1) is 45.7 Å². The van der Waals surface area contributed by atoms with Crippen LogP contribution >= 0.6 is 22.7 Å². The molecule has 0 bridgehead atoms. The van der Waals surface area contributed by atoms with Crippen LogP contribution in [0.4, 0.5) is 5.69 Å². The van der Waals surface area contributed by atoms with E-state index < -0.39 is 0 Å². The first kappa shape index (κ1) is 26.1. The zero-order valence-corrected chi connectivity index (χ0v) is 24.5. The van der Waals surface area contributed by atoms with Crippen LogP contribution in [-0.4, -0.2) is 35.5 Å². The van der Waals surface area contributed by atoms with Gasteiger partial charge in [-0.1, -0.05) is 26.0 Å². The molecule has 0 spiro atoms. The van der Waals surface area contributed by atoms with Crippen LogP contribution in [0.15, 0.2) is 82.3 Å². The number of fused-ring (bicyclic) bond motifs is 2. The van der Waals surface area contributed by atoms with E-state index in [1.54, 1.807) is 39.3 Å². The third kappa shape index (κ3) is 4.84. The lowest BCUT2D eigenvalue weighted by Crippen LogP contribution is -2.12. The summed E-state index contributed by atoms with van der Waals surface area (Å²) in [6.07, 6.45) is 3.53. The van der Waals surface area contributed by atoms with Gasteiger partial charge in [-0.2, -0.15) is 27.8 Å². The third-order valence-electron chi connectivity index (χ3n) is 7.09. The number of carbonyl (C=O) groups excluding carboxylic acids is 1. The molecule has 1 amide bonds. The number of rotatable bonds is 7. The molecule has 5 aromatic heterocycles. The predicted octanol–water partition coefficient (Wildman–Crippen LogP) is 7.57. The Labute approximate surface area is 249 Å². The van der Waals surface area contributed by atoms with Crippen LogP contribution < -0.4 is 5.32 Å². The van der Waals surface area contributed by atoms with Gasteiger partial charge in [-0.05, 0) is 66.1 Å². The zero-order chi connectivity index (χ0) is 28.6. The summed E-state index contributed by atoms with van der Waals surface area (Å²) < 4.78 is 1.73. The van der Waals surface area contributed by atoms with Crippen molar-refractivity contribution < 1.29 is 4.79 Å². The average molecular weight is 588 g/mol. The standard InChI is InChI=1S/C32H25N7OS2/c1-3-24-25(4-2)38-39-16-28(37-32(39)36-24)19-5-8-23(9-6-19)33-31(40)20-7-10-26-27(15-20)35-30(22-12-14-42-18-22)29(34-26)21-11-13-41-17-21/h5-18H,3-4H2,1-2H3,(H,33,40). The highest BCUT2D eigenvalue weighted by Gasteiger charge is 2.16. The van der Waals surface area contributed by atoms with Crippen LogP contribution in [0.1, 0.15) is 35.6 Å². The van der Waals surface area contributed by atoms with Gasteiger partial charge in [-0.25, -0.2) is 24.5 Å². The molecular weight excluding hydrogens is 563 g/mol. The number of thiophene rings is 2. The maximum Gasteiger partial charge on any atom is 0.255 e. The van der Waals surface area contributed by atoms with Crippen LogP contribution in [0.3, 0.4) is 0 Å². The quantitative estimate of drug-likeness (QED) is 0.207. The fourth-order valence-corrected chi connectivity index (χ4v) is 6.19. The van der Waals surface area contributed by atoms with Gasteiger partial charge < -0.3 is 5.32 Å². The maximum absolute atomic E-state index is 13.2. The van der Waals surface area contributed by atoms with Gasteiger partial charge in [0.15, 0.2) is 0 Å². The van der Waals surface area contributed by atoms with Crippen molar-refractivity contribution in [1.82, 2.24) is 29.5 Å². The number of benzene rings is 2. The Kier molecular flexibility index (Phi) is 6.77. The molecule has 206 valence electrons. The first-order valence-corrected chi connectivity index (χ1v) is 15.5. The molecule has 0 fully saturated rings. The number of aromatic nitrogens is 6. The molecule has 1 N–H and O–H groups in total. The first-order valence-electron chi connectivity index (χ1n) is 13.6. The summed E-state index contributed by atoms with van der Waals surface area (Å²) >= 11 is 3.25. The Morgan fingerprint density at radius 1 is 0.762 bits per heavy atom. The molecule has 42 heavy (non-hydrogen) atoms. The topological polar surface area (TPSA) is 98.0 Å². The molecular formula is C32H25N7OS2. The zero-order valence-electron chi connectivity index (χ0n) is 22.9. The molecule has 0 atom stereocenters. The summed E-state index contributed by atoms with van der Waals surface area (Å²) in [5.41, 5.74) is 9.96. The normalized spacial score (nSPS) is 11.4. The van der Waals surface area contributed by atoms with Crippen molar-refractivity contribution in [2.24, 2.45) is 0 Å². The predicted molar refractivity (Wildman–Crippen MR) is 169 cm³/mol. The van der Waals surface area contributed by atoms with Gasteiger partial charge in [0.1, 0.15) is 0 Å². The van der Waals surface area contributed by atoms with Crippen molar-refractivity contribution in [3.8, 4) is 33.8 Å². The summed E-state index contributed by atoms with van der Waals surface area (Å²) in [5.74, 6) is 0.367. The van der Waals surface area contributed by atoms with E-state index in [-0.39, 0.29) is 5.91 Å². The van der Waals surface area contributed by atoms with Crippen molar-refractivity contribution in [3.63, 3.8) is 0 Å². The minimum atomic E-state index is -0.217. The van der Waals surface area contributed by atoms with E-state index in [1.807, 2.05) is 53.4 Å². The third-order valence-corrected chi connectivity index (χ3v) is 8.46. The smallest absolute Gasteiger partial charge is 0.255 e. The number of imidazole rings is 1. The Morgan fingerprint density at radius 3 is 2.10 bits per heavy atom. The average Bonchev–Trinajstić information content (AvgIpc) is 3.82. The van der Waals surface area contributed by atoms with Gasteiger partial charge in [0.25, 0.3) is 11.7 Å². The Bertz CT molecular complexity index is 2010. The van der Waals surface area contributed by atoms with Crippen LogP contribution in [0.2, 0.25) is 0 Å². The van der Waals surface area contributed by atoms with Crippen LogP contribution in [0.25, 0.3) is 50.6 Å². The molecule has 0 saturated carbocycles. The second kappa shape index (κ2) is 10.9. The minimum absolute atomic E-state index is 0.217. The molecule has 0 aliphatic heterocycles. The van der Waals surface area contributed by atoms with Crippen molar-refractivity contribution in [1.29, 1.82) is 0 Å². The summed E-state index contributed by atoms with van der Waals surface area (Å²) in [6.45, 7) is 4.15. The highest BCUT2D eigenvalue weighted by molar-refractivity contribution is 7.08. The molecule has 8 nitrogen and oxygen atoms in total. The van der Waals surface area contributed by atoms with Gasteiger partial charge in [0, 0.05) is 38.7 Å². The molecule has 0 aliphatic rings. The van der Waals surface area contributed by atoms with E-state index in [1.165, 1.54) is 0 Å². The van der Waals surface area contributed by atoms with Crippen LogP contribution in [-0.2, 0) is 12.8 Å². The second-order valence-corrected chi connectivity index (χ2v) is 11.3. The number of amides is 1. The van der Waals surface area contributed by atoms with Crippen molar-refractivity contribution in [2.75, 3.05) is 5.32 Å². The van der Waals surface area contributed by atoms with Crippen LogP contribution in [0, 0.1) is 0 Å². The monoisotopic (exact) mass is 587 g/mol. The number of nitrogens with zero attached hydrogens (tertiary/aromatic N) is 6. The van der Waals surface area contributed by atoms with E-state index in [9.17, 15) is 4.79 Å². The van der Waals surface area contributed by atoms with E-state index in [4.69, 9.17) is 9.97 Å². The Balaban J connectivity index is 1.14. The largest absolute Gasteiger partial charge is 0.322 e. The maximum atomic E-state index is 13.2. The lowest BCUT2D eigenvalue weighted by molar-refractivity contribution is 0.102. The fourth-order valence-electron chi connectivity index (χ4n) is 4.91. The second-order valence-electron chi connectivity index (χ2n) is 9.76. The number of nitrogens with one attached hydrogen (secondary N) is 1. The van der Waals surface area contributed by atoms with Gasteiger partial charge in [-0.15, -0.1) is 0 Å². The molecule has 0 aliphatic carbocycles. The van der Waals surface area contributed by atoms with Crippen LogP contribution in [0.5, 0.6) is 0 Å². The summed E-state index contributed by atoms with van der Waals surface area (Å²) in [6, 6.07) is 17.1. The number of hydrogen-bond donors (Lipinski definition) is 1. The van der Waals surface area contributed by atoms with Crippen molar-refractivity contribution in [2.45, 2.75) is 26.7 Å². The van der Waals surface area contributed by atoms with Crippen molar-refractivity contribution >= 4 is 51.1 Å². The number of anilines is 1. The summed E-state index contributed by atoms with van der Waals surface area (Å²) in [5, 5.41) is 15.9. The molecule has 5 heterocycles. The molecule has 2 aromatic carbocycles. The first-order chi connectivity index (χ1) is 20.6. The highest BCUT2D eigenvalue weighted by atomic mass is 32.1. The molecule has 0 saturated heterocycles.